The molecule has 0 saturated carbocycles. The van der Waals surface area contributed by atoms with E-state index in [-0.39, 0.29) is 0 Å². The van der Waals surface area contributed by atoms with Crippen molar-refractivity contribution in [1.29, 1.82) is 0 Å². The summed E-state index contributed by atoms with van der Waals surface area (Å²) in [6, 6.07) is 3.69. The molecule has 5 nitrogen and oxygen atoms in total. The van der Waals surface area contributed by atoms with Crippen molar-refractivity contribution in [2.75, 3.05) is 12.3 Å². The molecule has 0 unspecified atom stereocenters. The van der Waals surface area contributed by atoms with Gasteiger partial charge in [0.2, 0.25) is 0 Å². The fourth-order valence-corrected chi connectivity index (χ4v) is 1.65. The third-order valence-corrected chi connectivity index (χ3v) is 2.54. The van der Waals surface area contributed by atoms with Gasteiger partial charge in [-0.05, 0) is 25.5 Å². The predicted molar refractivity (Wildman–Crippen MR) is 69.7 cm³/mol. The summed E-state index contributed by atoms with van der Waals surface area (Å²) in [5, 5.41) is 0. The number of aryl methyl sites for hydroxylation is 1. The van der Waals surface area contributed by atoms with Gasteiger partial charge < -0.3 is 10.5 Å². The van der Waals surface area contributed by atoms with Crippen molar-refractivity contribution in [1.82, 2.24) is 15.0 Å². The molecule has 2 aromatic heterocycles. The lowest BCUT2D eigenvalue weighted by molar-refractivity contribution is 0.128. The quantitative estimate of drug-likeness (QED) is 0.890. The van der Waals surface area contributed by atoms with E-state index in [4.69, 9.17) is 10.5 Å². The number of hydrogen-bond acceptors (Lipinski definition) is 5. The van der Waals surface area contributed by atoms with Gasteiger partial charge in [0, 0.05) is 30.6 Å². The Balaban J connectivity index is 2.39. The molecule has 0 radical (unpaired) electrons. The zero-order chi connectivity index (χ0) is 13.0. The van der Waals surface area contributed by atoms with Gasteiger partial charge in [0.05, 0.1) is 5.69 Å². The van der Waals surface area contributed by atoms with Crippen LogP contribution in [0.5, 0.6) is 0 Å². The van der Waals surface area contributed by atoms with Crippen LogP contribution < -0.4 is 5.73 Å². The molecule has 0 atom stereocenters. The van der Waals surface area contributed by atoms with Crippen LogP contribution in [0.25, 0.3) is 11.3 Å². The van der Waals surface area contributed by atoms with Crippen LogP contribution >= 0.6 is 0 Å². The van der Waals surface area contributed by atoms with E-state index in [9.17, 15) is 0 Å². The zero-order valence-corrected chi connectivity index (χ0v) is 10.6. The van der Waals surface area contributed by atoms with Gasteiger partial charge in [-0.25, -0.2) is 9.97 Å². The summed E-state index contributed by atoms with van der Waals surface area (Å²) < 4.78 is 5.30. The number of nitrogens with zero attached hydrogens (tertiary/aromatic N) is 3. The summed E-state index contributed by atoms with van der Waals surface area (Å²) in [5.74, 6) is 1.04. The smallest absolute Gasteiger partial charge is 0.157 e. The summed E-state index contributed by atoms with van der Waals surface area (Å²) in [6.45, 7) is 4.93. The number of pyridine rings is 1. The molecule has 94 valence electrons. The fraction of sp³-hybridized carbons (Fsp3) is 0.308. The van der Waals surface area contributed by atoms with Crippen LogP contribution in [0.3, 0.4) is 0 Å². The Labute approximate surface area is 106 Å². The Hall–Kier alpha value is -2.01. The summed E-state index contributed by atoms with van der Waals surface area (Å²) in [7, 11) is 0. The molecule has 0 aliphatic rings. The second kappa shape index (κ2) is 5.55. The van der Waals surface area contributed by atoms with E-state index in [0.29, 0.717) is 24.9 Å². The highest BCUT2D eigenvalue weighted by atomic mass is 16.5. The highest BCUT2D eigenvalue weighted by molar-refractivity contribution is 5.64. The molecule has 0 aliphatic heterocycles. The van der Waals surface area contributed by atoms with Crippen molar-refractivity contribution in [3.8, 4) is 11.3 Å². The molecule has 0 saturated heterocycles. The van der Waals surface area contributed by atoms with E-state index < -0.39 is 0 Å². The van der Waals surface area contributed by atoms with E-state index >= 15 is 0 Å². The lowest BCUT2D eigenvalue weighted by atomic mass is 10.1. The monoisotopic (exact) mass is 244 g/mol. The average Bonchev–Trinajstić information content (AvgIpc) is 2.36. The van der Waals surface area contributed by atoms with Gasteiger partial charge in [0.25, 0.3) is 0 Å². The molecular weight excluding hydrogens is 228 g/mol. The Morgan fingerprint density at radius 1 is 1.33 bits per heavy atom. The van der Waals surface area contributed by atoms with Crippen molar-refractivity contribution < 1.29 is 4.74 Å². The van der Waals surface area contributed by atoms with Crippen LogP contribution in [-0.4, -0.2) is 21.6 Å². The number of aromatic nitrogens is 3. The first-order valence-corrected chi connectivity index (χ1v) is 5.83. The van der Waals surface area contributed by atoms with E-state index in [2.05, 4.69) is 15.0 Å². The number of nitrogen functional groups attached to an aromatic ring is 1. The highest BCUT2D eigenvalue weighted by Crippen LogP contribution is 2.21. The van der Waals surface area contributed by atoms with Gasteiger partial charge in [-0.15, -0.1) is 0 Å². The summed E-state index contributed by atoms with van der Waals surface area (Å²) in [4.78, 5) is 12.7. The third-order valence-electron chi connectivity index (χ3n) is 2.54. The topological polar surface area (TPSA) is 73.9 Å². The first-order valence-electron chi connectivity index (χ1n) is 5.83. The molecule has 2 heterocycles. The van der Waals surface area contributed by atoms with Gasteiger partial charge in [-0.3, -0.25) is 4.98 Å². The van der Waals surface area contributed by atoms with E-state index in [1.807, 2.05) is 19.9 Å². The van der Waals surface area contributed by atoms with Crippen molar-refractivity contribution in [2.45, 2.75) is 20.5 Å². The molecular formula is C13H16N4O. The minimum absolute atomic E-state index is 0.369. The number of rotatable bonds is 4. The predicted octanol–water partition coefficient (Wildman–Crippen LogP) is 1.97. The maximum absolute atomic E-state index is 5.79. The molecule has 0 aliphatic carbocycles. The standard InChI is InChI=1S/C13H16N4O/c1-3-18-8-13-16-11(6-12(14)17-13)10-7-15-5-4-9(10)2/h4-7H,3,8H2,1-2H3,(H2,14,16,17). The van der Waals surface area contributed by atoms with Gasteiger partial charge in [0.15, 0.2) is 5.82 Å². The third kappa shape index (κ3) is 2.81. The average molecular weight is 244 g/mol. The first-order chi connectivity index (χ1) is 8.70. The maximum Gasteiger partial charge on any atom is 0.157 e. The number of hydrogen-bond donors (Lipinski definition) is 1. The molecule has 0 fully saturated rings. The van der Waals surface area contributed by atoms with Crippen LogP contribution in [0.15, 0.2) is 24.5 Å². The second-order valence-corrected chi connectivity index (χ2v) is 3.92. The molecule has 0 spiro atoms. The Morgan fingerprint density at radius 3 is 2.89 bits per heavy atom. The maximum atomic E-state index is 5.79. The van der Waals surface area contributed by atoms with E-state index in [1.54, 1.807) is 18.5 Å². The minimum Gasteiger partial charge on any atom is -0.384 e. The lowest BCUT2D eigenvalue weighted by Gasteiger charge is -2.07. The molecule has 2 N–H and O–H groups in total. The summed E-state index contributed by atoms with van der Waals surface area (Å²) in [6.07, 6.45) is 3.53. The number of ether oxygens (including phenoxy) is 1. The van der Waals surface area contributed by atoms with Crippen LogP contribution in [0.1, 0.15) is 18.3 Å². The number of anilines is 1. The van der Waals surface area contributed by atoms with Gasteiger partial charge in [-0.1, -0.05) is 0 Å². The largest absolute Gasteiger partial charge is 0.384 e. The van der Waals surface area contributed by atoms with E-state index in [0.717, 1.165) is 16.8 Å². The van der Waals surface area contributed by atoms with Crippen molar-refractivity contribution in [3.05, 3.63) is 35.9 Å². The van der Waals surface area contributed by atoms with E-state index in [1.165, 1.54) is 0 Å². The SMILES string of the molecule is CCOCc1nc(N)cc(-c2cnccc2C)n1. The second-order valence-electron chi connectivity index (χ2n) is 3.92. The normalized spacial score (nSPS) is 10.6. The molecule has 2 aromatic rings. The first kappa shape index (κ1) is 12.4. The summed E-state index contributed by atoms with van der Waals surface area (Å²) >= 11 is 0. The molecule has 0 amide bonds. The molecule has 0 bridgehead atoms. The van der Waals surface area contributed by atoms with Gasteiger partial charge in [-0.2, -0.15) is 0 Å². The lowest BCUT2D eigenvalue weighted by Crippen LogP contribution is -2.04. The Bertz CT molecular complexity index is 542. The Morgan fingerprint density at radius 2 is 2.17 bits per heavy atom. The summed E-state index contributed by atoms with van der Waals surface area (Å²) in [5.41, 5.74) is 8.64. The fourth-order valence-electron chi connectivity index (χ4n) is 1.65. The van der Waals surface area contributed by atoms with Crippen LogP contribution in [0.4, 0.5) is 5.82 Å². The van der Waals surface area contributed by atoms with Gasteiger partial charge >= 0.3 is 0 Å². The minimum atomic E-state index is 0.369. The van der Waals surface area contributed by atoms with Crippen LogP contribution in [0, 0.1) is 6.92 Å². The Kier molecular flexibility index (Phi) is 3.84. The molecule has 2 rings (SSSR count). The molecule has 0 aromatic carbocycles. The van der Waals surface area contributed by atoms with Gasteiger partial charge in [0.1, 0.15) is 12.4 Å². The zero-order valence-electron chi connectivity index (χ0n) is 10.6. The number of nitrogens with two attached hydrogens (primary N) is 1. The molecule has 18 heavy (non-hydrogen) atoms. The highest BCUT2D eigenvalue weighted by Gasteiger charge is 2.07. The van der Waals surface area contributed by atoms with Crippen LogP contribution in [-0.2, 0) is 11.3 Å². The van der Waals surface area contributed by atoms with Crippen molar-refractivity contribution in [2.24, 2.45) is 0 Å². The van der Waals surface area contributed by atoms with Crippen molar-refractivity contribution >= 4 is 5.82 Å². The molecule has 5 heteroatoms. The van der Waals surface area contributed by atoms with Crippen molar-refractivity contribution in [3.63, 3.8) is 0 Å². The van der Waals surface area contributed by atoms with Crippen LogP contribution in [0.2, 0.25) is 0 Å².